The van der Waals surface area contributed by atoms with Gasteiger partial charge in [-0.15, -0.1) is 0 Å². The van der Waals surface area contributed by atoms with E-state index < -0.39 is 42.6 Å². The van der Waals surface area contributed by atoms with Crippen LogP contribution in [0.2, 0.25) is 0 Å². The Labute approximate surface area is 382 Å². The van der Waals surface area contributed by atoms with Crippen molar-refractivity contribution in [2.75, 3.05) is 36.4 Å². The summed E-state index contributed by atoms with van der Waals surface area (Å²) in [5.74, 6) is -3.79. The van der Waals surface area contributed by atoms with Crippen LogP contribution in [0.3, 0.4) is 0 Å². The van der Waals surface area contributed by atoms with Crippen molar-refractivity contribution in [3.05, 3.63) is 139 Å². The number of likely N-dealkylation sites (tertiary alicyclic amines) is 2. The Hall–Kier alpha value is -6.72. The van der Waals surface area contributed by atoms with Crippen LogP contribution >= 0.6 is 0 Å². The molecule has 2 aromatic heterocycles. The van der Waals surface area contributed by atoms with Crippen molar-refractivity contribution in [3.8, 4) is 5.75 Å². The van der Waals surface area contributed by atoms with Gasteiger partial charge in [-0.1, -0.05) is 65.1 Å². The first-order chi connectivity index (χ1) is 31.8. The first-order valence-electron chi connectivity index (χ1n) is 22.0. The van der Waals surface area contributed by atoms with E-state index in [1.54, 1.807) is 78.9 Å². The van der Waals surface area contributed by atoms with Crippen LogP contribution < -0.4 is 13.9 Å². The van der Waals surface area contributed by atoms with Crippen LogP contribution in [-0.4, -0.2) is 87.8 Å². The van der Waals surface area contributed by atoms with Gasteiger partial charge in [0.1, 0.15) is 4.90 Å². The molecule has 2 fully saturated rings. The van der Waals surface area contributed by atoms with Crippen molar-refractivity contribution in [2.45, 2.75) is 60.4 Å². The summed E-state index contributed by atoms with van der Waals surface area (Å²) in [4.78, 5) is 44.2. The molecule has 2 aliphatic rings. The number of rotatable bonds is 12. The summed E-state index contributed by atoms with van der Waals surface area (Å²) in [6.45, 7) is 2.01. The first-order valence-corrected chi connectivity index (χ1v) is 24.9. The second kappa shape index (κ2) is 17.3. The number of sulfonamides is 2. The summed E-state index contributed by atoms with van der Waals surface area (Å²) in [5.41, 5.74) is 3.84. The number of benzene rings is 6. The number of aromatic amines is 2. The lowest BCUT2D eigenvalue weighted by Gasteiger charge is -2.23. The molecule has 2 atom stereocenters. The number of anilines is 2. The number of nitrogens with zero attached hydrogens (tertiary/aromatic N) is 3. The van der Waals surface area contributed by atoms with E-state index >= 15 is 0 Å². The fraction of sp³-hybridized carbons (Fsp3) is 0.240. The van der Waals surface area contributed by atoms with E-state index in [0.717, 1.165) is 83.5 Å². The van der Waals surface area contributed by atoms with E-state index in [2.05, 4.69) is 38.6 Å². The molecule has 3 N–H and O–H groups in total. The number of likely N-dealkylation sites (N-methyl/N-ethyl adjacent to an activating group) is 2. The van der Waals surface area contributed by atoms with Gasteiger partial charge < -0.3 is 29.3 Å². The summed E-state index contributed by atoms with van der Waals surface area (Å²) in [7, 11) is -5.01. The van der Waals surface area contributed by atoms with Crippen LogP contribution in [0.4, 0.5) is 11.4 Å². The van der Waals surface area contributed by atoms with E-state index in [4.69, 9.17) is 9.57 Å². The maximum absolute atomic E-state index is 14.7. The highest BCUT2D eigenvalue weighted by molar-refractivity contribution is 7.93. The zero-order valence-corrected chi connectivity index (χ0v) is 38.0. The number of carbonyl (C=O) groups is 2. The topological polar surface area (TPSA) is 174 Å². The van der Waals surface area contributed by atoms with Crippen LogP contribution in [0, 0.1) is 0 Å². The normalized spacial score (nSPS) is 17.2. The summed E-state index contributed by atoms with van der Waals surface area (Å²) < 4.78 is 66.9. The highest BCUT2D eigenvalue weighted by Gasteiger charge is 2.35. The Bertz CT molecular complexity index is 3420. The molecule has 8 aromatic rings. The van der Waals surface area contributed by atoms with Crippen molar-refractivity contribution in [2.24, 2.45) is 0 Å². The number of H-pyrrole nitrogens is 2. The second-order valence-corrected chi connectivity index (χ2v) is 20.7. The van der Waals surface area contributed by atoms with Gasteiger partial charge in [0.25, 0.3) is 20.0 Å². The molecule has 10 rings (SSSR count). The smallest absolute Gasteiger partial charge is 0.416 e. The van der Waals surface area contributed by atoms with Crippen molar-refractivity contribution in [1.82, 2.24) is 19.8 Å². The third-order valence-corrected chi connectivity index (χ3v) is 16.1. The molecule has 66 heavy (non-hydrogen) atoms. The molecule has 2 saturated heterocycles. The highest BCUT2D eigenvalue weighted by Crippen LogP contribution is 2.37. The fourth-order valence-electron chi connectivity index (χ4n) is 9.50. The molecule has 2 aliphatic heterocycles. The van der Waals surface area contributed by atoms with Crippen molar-refractivity contribution < 1.29 is 36.0 Å². The van der Waals surface area contributed by atoms with E-state index in [9.17, 15) is 26.4 Å². The lowest BCUT2D eigenvalue weighted by molar-refractivity contribution is -0.161. The number of hydrogen-bond donors (Lipinski definition) is 3. The minimum atomic E-state index is -4.71. The lowest BCUT2D eigenvalue weighted by atomic mass is 10.0. The van der Waals surface area contributed by atoms with Gasteiger partial charge in [0.2, 0.25) is 0 Å². The average molecular weight is 925 g/mol. The number of nitrogens with one attached hydrogen (secondary N) is 3. The van der Waals surface area contributed by atoms with E-state index in [0.29, 0.717) is 33.7 Å². The Morgan fingerprint density at radius 2 is 1.27 bits per heavy atom. The van der Waals surface area contributed by atoms with Gasteiger partial charge in [0, 0.05) is 57.4 Å². The lowest BCUT2D eigenvalue weighted by Crippen LogP contribution is -2.37. The molecule has 14 nitrogen and oxygen atoms in total. The van der Waals surface area contributed by atoms with Gasteiger partial charge in [0.15, 0.2) is 5.75 Å². The third kappa shape index (κ3) is 8.25. The molecule has 16 heteroatoms. The predicted molar refractivity (Wildman–Crippen MR) is 255 cm³/mol. The average Bonchev–Trinajstić information content (AvgIpc) is 4.13. The Morgan fingerprint density at radius 1 is 0.667 bits per heavy atom. The summed E-state index contributed by atoms with van der Waals surface area (Å²) in [6.07, 6.45) is 9.64. The number of fused-ring (bicyclic) bond motifs is 4. The minimum Gasteiger partial charge on any atom is -0.416 e. The van der Waals surface area contributed by atoms with Crippen LogP contribution in [0.5, 0.6) is 5.75 Å². The molecule has 338 valence electrons. The summed E-state index contributed by atoms with van der Waals surface area (Å²) >= 11 is 0. The molecule has 0 amide bonds. The molecular formula is C50H48N6O8S2. The van der Waals surface area contributed by atoms with Gasteiger partial charge >= 0.3 is 11.9 Å². The molecule has 0 bridgehead atoms. The van der Waals surface area contributed by atoms with Crippen LogP contribution in [0.25, 0.3) is 43.4 Å². The monoisotopic (exact) mass is 924 g/mol. The van der Waals surface area contributed by atoms with Gasteiger partial charge in [0.05, 0.1) is 10.6 Å². The third-order valence-electron chi connectivity index (χ3n) is 13.1. The summed E-state index contributed by atoms with van der Waals surface area (Å²) in [5, 5.41) is 3.73. The van der Waals surface area contributed by atoms with Crippen LogP contribution in [0.15, 0.2) is 137 Å². The number of carbonyl (C=O) groups excluding carboxylic acids is 2. The fourth-order valence-corrected chi connectivity index (χ4v) is 12.0. The largest absolute Gasteiger partial charge is 0.443 e. The van der Waals surface area contributed by atoms with Gasteiger partial charge in [-0.2, -0.15) is 8.42 Å². The number of aromatic nitrogens is 2. The molecule has 2 unspecified atom stereocenters. The maximum atomic E-state index is 14.7. The predicted octanol–water partition coefficient (Wildman–Crippen LogP) is 8.29. The SMILES string of the molecule is CN1CCCC1Cc1c[nH]c2ccc(NS(=O)(=O)c3ccc4ccccc4c3OC(=O)C(=O)ON(c3ccc4[nH]cc(CC5CCCN5C)c4c3)S(=O)(=O)c3ccc4ccccc4c3)cc12. The molecule has 0 spiro atoms. The number of hydrogen-bond acceptors (Lipinski definition) is 10. The highest BCUT2D eigenvalue weighted by atomic mass is 32.2. The van der Waals surface area contributed by atoms with Crippen molar-refractivity contribution >= 4 is 86.7 Å². The molecule has 0 saturated carbocycles. The van der Waals surface area contributed by atoms with Gasteiger partial charge in [-0.25, -0.2) is 18.0 Å². The number of esters is 1. The zero-order valence-electron chi connectivity index (χ0n) is 36.4. The van der Waals surface area contributed by atoms with Gasteiger partial charge in [-0.3, -0.25) is 4.72 Å². The second-order valence-electron chi connectivity index (χ2n) is 17.3. The first kappa shape index (κ1) is 43.2. The Balaban J connectivity index is 0.976. The van der Waals surface area contributed by atoms with E-state index in [1.807, 2.05) is 24.5 Å². The van der Waals surface area contributed by atoms with Crippen LogP contribution in [0.1, 0.15) is 36.8 Å². The minimum absolute atomic E-state index is 0.0483. The summed E-state index contributed by atoms with van der Waals surface area (Å²) in [6, 6.07) is 31.8. The molecule has 4 heterocycles. The Kier molecular flexibility index (Phi) is 11.3. The van der Waals surface area contributed by atoms with E-state index in [-0.39, 0.29) is 21.7 Å². The van der Waals surface area contributed by atoms with Crippen molar-refractivity contribution in [1.29, 1.82) is 0 Å². The van der Waals surface area contributed by atoms with Crippen LogP contribution in [-0.2, 0) is 47.3 Å². The van der Waals surface area contributed by atoms with Crippen molar-refractivity contribution in [3.63, 3.8) is 0 Å². The molecule has 0 aliphatic carbocycles. The zero-order chi connectivity index (χ0) is 45.7. The standard InChI is InChI=1S/C50H48N6O8S2/c1-54-23-7-12-38(54)25-35-30-51-45-20-17-37(28-43(35)45)53-65(59,60)47-22-16-33-10-5-6-14-42(33)48(47)63-49(57)50(58)64-56(66(61,62)41-19-15-32-9-3-4-11-34(32)27-41)40-18-21-46-44(29-40)36(31-52-46)26-39-13-8-24-55(39)2/h3-6,9-11,14-22,27-31,38-39,51-53H,7-8,12-13,23-26H2,1-2H3. The Morgan fingerprint density at radius 3 is 1.94 bits per heavy atom. The maximum Gasteiger partial charge on any atom is 0.443 e. The number of ether oxygens (including phenoxy) is 1. The molecule has 6 aromatic carbocycles. The molecule has 0 radical (unpaired) electrons. The van der Waals surface area contributed by atoms with Gasteiger partial charge in [-0.05, 0) is 148 Å². The quantitative estimate of drug-likeness (QED) is 0.0468. The van der Waals surface area contributed by atoms with E-state index in [1.165, 1.54) is 24.3 Å². The molecular weight excluding hydrogens is 877 g/mol.